The number of rotatable bonds is 3. The molecule has 0 aromatic carbocycles. The van der Waals surface area contributed by atoms with Gasteiger partial charge in [0.2, 0.25) is 0 Å². The Kier molecular flexibility index (Phi) is 5.12. The van der Waals surface area contributed by atoms with Crippen molar-refractivity contribution in [2.45, 2.75) is 18.6 Å². The van der Waals surface area contributed by atoms with E-state index in [0.29, 0.717) is 11.5 Å². The first-order valence-corrected chi connectivity index (χ1v) is 6.25. The molecule has 9 heteroatoms. The second-order valence-electron chi connectivity index (χ2n) is 3.69. The van der Waals surface area contributed by atoms with Crippen LogP contribution in [0.3, 0.4) is 0 Å². The van der Waals surface area contributed by atoms with E-state index in [2.05, 4.69) is 4.74 Å². The molecule has 1 amide bonds. The van der Waals surface area contributed by atoms with Gasteiger partial charge >= 0.3 is 18.2 Å². The standard InChI is InChI=1S/C9H12F3NO4S/c10-9(11,12)5-17-8(16)13-1-2-18-4-6(13)3-7(14)15/h6H,1-5H2,(H,14,15). The summed E-state index contributed by atoms with van der Waals surface area (Å²) in [6.07, 6.45) is -5.99. The van der Waals surface area contributed by atoms with E-state index in [1.807, 2.05) is 0 Å². The third-order valence-corrected chi connectivity index (χ3v) is 3.32. The lowest BCUT2D eigenvalue weighted by Crippen LogP contribution is -2.47. The maximum absolute atomic E-state index is 11.9. The molecular formula is C9H12F3NO4S. The van der Waals surface area contributed by atoms with Gasteiger partial charge in [0.05, 0.1) is 12.5 Å². The number of aliphatic carboxylic acids is 1. The van der Waals surface area contributed by atoms with Crippen molar-refractivity contribution in [3.8, 4) is 0 Å². The van der Waals surface area contributed by atoms with Crippen molar-refractivity contribution in [3.63, 3.8) is 0 Å². The summed E-state index contributed by atoms with van der Waals surface area (Å²) >= 11 is 1.45. The molecule has 1 unspecified atom stereocenters. The molecular weight excluding hydrogens is 275 g/mol. The van der Waals surface area contributed by atoms with Crippen molar-refractivity contribution < 1.29 is 32.6 Å². The number of thioether (sulfide) groups is 1. The fraction of sp³-hybridized carbons (Fsp3) is 0.778. The van der Waals surface area contributed by atoms with E-state index in [0.717, 1.165) is 4.90 Å². The highest BCUT2D eigenvalue weighted by Gasteiger charge is 2.34. The van der Waals surface area contributed by atoms with Crippen LogP contribution in [0, 0.1) is 0 Å². The van der Waals surface area contributed by atoms with Crippen molar-refractivity contribution in [1.82, 2.24) is 4.90 Å². The number of carboxylic acids is 1. The van der Waals surface area contributed by atoms with Crippen LogP contribution in [0.15, 0.2) is 0 Å². The molecule has 1 saturated heterocycles. The Labute approximate surface area is 105 Å². The maximum Gasteiger partial charge on any atom is 0.422 e. The molecule has 0 aromatic heterocycles. The Bertz CT molecular complexity index is 323. The minimum absolute atomic E-state index is 0.194. The molecule has 0 bridgehead atoms. The smallest absolute Gasteiger partial charge is 0.422 e. The third kappa shape index (κ3) is 5.03. The summed E-state index contributed by atoms with van der Waals surface area (Å²) in [5.41, 5.74) is 0. The van der Waals surface area contributed by atoms with E-state index in [-0.39, 0.29) is 13.0 Å². The highest BCUT2D eigenvalue weighted by atomic mass is 32.2. The Hall–Kier alpha value is -1.12. The molecule has 0 aliphatic carbocycles. The van der Waals surface area contributed by atoms with Crippen molar-refractivity contribution in [1.29, 1.82) is 0 Å². The fourth-order valence-electron chi connectivity index (χ4n) is 1.49. The molecule has 0 saturated carbocycles. The Morgan fingerprint density at radius 3 is 2.67 bits per heavy atom. The van der Waals surface area contributed by atoms with E-state index >= 15 is 0 Å². The van der Waals surface area contributed by atoms with Crippen molar-refractivity contribution >= 4 is 23.8 Å². The van der Waals surface area contributed by atoms with E-state index < -0.39 is 30.9 Å². The molecule has 1 atom stereocenters. The molecule has 0 radical (unpaired) electrons. The number of hydrogen-bond donors (Lipinski definition) is 1. The summed E-state index contributed by atoms with van der Waals surface area (Å²) in [5, 5.41) is 8.66. The highest BCUT2D eigenvalue weighted by Crippen LogP contribution is 2.21. The first kappa shape index (κ1) is 14.9. The van der Waals surface area contributed by atoms with Gasteiger partial charge in [-0.1, -0.05) is 0 Å². The summed E-state index contributed by atoms with van der Waals surface area (Å²) in [6, 6.07) is -0.623. The predicted molar refractivity (Wildman–Crippen MR) is 57.5 cm³/mol. The van der Waals surface area contributed by atoms with Crippen LogP contribution in [0.4, 0.5) is 18.0 Å². The average Bonchev–Trinajstić information content (AvgIpc) is 2.25. The maximum atomic E-state index is 11.9. The zero-order valence-corrected chi connectivity index (χ0v) is 10.1. The van der Waals surface area contributed by atoms with Gasteiger partial charge in [-0.2, -0.15) is 24.9 Å². The van der Waals surface area contributed by atoms with Gasteiger partial charge in [-0.15, -0.1) is 0 Å². The topological polar surface area (TPSA) is 66.8 Å². The Morgan fingerprint density at radius 2 is 2.11 bits per heavy atom. The normalized spacial score (nSPS) is 20.6. The second kappa shape index (κ2) is 6.17. The summed E-state index contributed by atoms with van der Waals surface area (Å²) in [5.74, 6) is -0.166. The number of carbonyl (C=O) groups excluding carboxylic acids is 1. The minimum atomic E-state index is -4.58. The molecule has 0 spiro atoms. The molecule has 1 rings (SSSR count). The quantitative estimate of drug-likeness (QED) is 0.853. The van der Waals surface area contributed by atoms with E-state index in [1.54, 1.807) is 0 Å². The zero-order chi connectivity index (χ0) is 13.8. The average molecular weight is 287 g/mol. The molecule has 0 aromatic rings. The van der Waals surface area contributed by atoms with Crippen LogP contribution in [0.1, 0.15) is 6.42 Å². The highest BCUT2D eigenvalue weighted by molar-refractivity contribution is 7.99. The number of carbonyl (C=O) groups is 2. The van der Waals surface area contributed by atoms with Gasteiger partial charge in [-0.05, 0) is 0 Å². The SMILES string of the molecule is O=C(O)CC1CSCCN1C(=O)OCC(F)(F)F. The first-order chi connectivity index (χ1) is 8.29. The van der Waals surface area contributed by atoms with Gasteiger partial charge in [0, 0.05) is 18.1 Å². The summed E-state index contributed by atoms with van der Waals surface area (Å²) in [7, 11) is 0. The Morgan fingerprint density at radius 1 is 1.44 bits per heavy atom. The molecule has 1 aliphatic heterocycles. The van der Waals surface area contributed by atoms with E-state index in [9.17, 15) is 22.8 Å². The lowest BCUT2D eigenvalue weighted by atomic mass is 10.2. The lowest BCUT2D eigenvalue weighted by Gasteiger charge is -2.33. The summed E-state index contributed by atoms with van der Waals surface area (Å²) in [6.45, 7) is -1.46. The number of carboxylic acid groups (broad SMARTS) is 1. The number of nitrogens with zero attached hydrogens (tertiary/aromatic N) is 1. The van der Waals surface area contributed by atoms with Crippen LogP contribution in [-0.2, 0) is 9.53 Å². The zero-order valence-electron chi connectivity index (χ0n) is 9.27. The van der Waals surface area contributed by atoms with Gasteiger partial charge in [-0.25, -0.2) is 4.79 Å². The van der Waals surface area contributed by atoms with Gasteiger partial charge in [0.15, 0.2) is 6.61 Å². The van der Waals surface area contributed by atoms with Crippen LogP contribution in [-0.4, -0.2) is 58.9 Å². The van der Waals surface area contributed by atoms with Crippen LogP contribution in [0.25, 0.3) is 0 Å². The first-order valence-electron chi connectivity index (χ1n) is 5.09. The monoisotopic (exact) mass is 287 g/mol. The third-order valence-electron chi connectivity index (χ3n) is 2.23. The predicted octanol–water partition coefficient (Wildman–Crippen LogP) is 1.58. The van der Waals surface area contributed by atoms with Crippen molar-refractivity contribution in [2.24, 2.45) is 0 Å². The molecule has 1 fully saturated rings. The van der Waals surface area contributed by atoms with E-state index in [4.69, 9.17) is 5.11 Å². The molecule has 1 aliphatic rings. The molecule has 104 valence electrons. The van der Waals surface area contributed by atoms with Gasteiger partial charge in [-0.3, -0.25) is 4.79 Å². The lowest BCUT2D eigenvalue weighted by molar-refractivity contribution is -0.163. The van der Waals surface area contributed by atoms with E-state index in [1.165, 1.54) is 11.8 Å². The number of halogens is 3. The second-order valence-corrected chi connectivity index (χ2v) is 4.84. The molecule has 1 N–H and O–H groups in total. The molecule has 18 heavy (non-hydrogen) atoms. The van der Waals surface area contributed by atoms with Gasteiger partial charge < -0.3 is 14.7 Å². The van der Waals surface area contributed by atoms with Crippen LogP contribution in [0.5, 0.6) is 0 Å². The molecule has 5 nitrogen and oxygen atoms in total. The summed E-state index contributed by atoms with van der Waals surface area (Å²) < 4.78 is 39.8. The largest absolute Gasteiger partial charge is 0.481 e. The molecule has 1 heterocycles. The number of alkyl halides is 3. The van der Waals surface area contributed by atoms with Crippen LogP contribution in [0.2, 0.25) is 0 Å². The summed E-state index contributed by atoms with van der Waals surface area (Å²) in [4.78, 5) is 23.1. The Balaban J connectivity index is 2.54. The van der Waals surface area contributed by atoms with Crippen LogP contribution < -0.4 is 0 Å². The fourth-order valence-corrected chi connectivity index (χ4v) is 2.55. The number of hydrogen-bond acceptors (Lipinski definition) is 4. The van der Waals surface area contributed by atoms with Gasteiger partial charge in [0.1, 0.15) is 0 Å². The van der Waals surface area contributed by atoms with Gasteiger partial charge in [0.25, 0.3) is 0 Å². The van der Waals surface area contributed by atoms with Crippen molar-refractivity contribution in [2.75, 3.05) is 24.7 Å². The number of ether oxygens (including phenoxy) is 1. The number of amides is 1. The van der Waals surface area contributed by atoms with Crippen molar-refractivity contribution in [3.05, 3.63) is 0 Å². The minimum Gasteiger partial charge on any atom is -0.481 e. The van der Waals surface area contributed by atoms with Crippen LogP contribution >= 0.6 is 11.8 Å².